The minimum Gasteiger partial charge on any atom is -0.507 e. The third-order valence-corrected chi connectivity index (χ3v) is 4.40. The minimum absolute atomic E-state index is 0.0393. The highest BCUT2D eigenvalue weighted by atomic mass is 16.3. The molecule has 28 heavy (non-hydrogen) atoms. The van der Waals surface area contributed by atoms with Gasteiger partial charge in [-0.15, -0.1) is 0 Å². The van der Waals surface area contributed by atoms with Gasteiger partial charge in [-0.3, -0.25) is 4.79 Å². The van der Waals surface area contributed by atoms with Gasteiger partial charge in [0.25, 0.3) is 0 Å². The lowest BCUT2D eigenvalue weighted by Crippen LogP contribution is -2.08. The van der Waals surface area contributed by atoms with Crippen LogP contribution in [0.2, 0.25) is 0 Å². The van der Waals surface area contributed by atoms with Crippen LogP contribution in [0.25, 0.3) is 0 Å². The molecule has 0 unspecified atom stereocenters. The highest BCUT2D eigenvalue weighted by Gasteiger charge is 2.30. The van der Waals surface area contributed by atoms with Gasteiger partial charge in [0.1, 0.15) is 45.6 Å². The van der Waals surface area contributed by atoms with Crippen molar-refractivity contribution >= 4 is 5.78 Å². The number of benzene rings is 2. The Morgan fingerprint density at radius 3 is 1.29 bits per heavy atom. The lowest BCUT2D eigenvalue weighted by Gasteiger charge is -2.17. The molecule has 0 aromatic heterocycles. The second-order valence-electron chi connectivity index (χ2n) is 7.76. The Kier molecular flexibility index (Phi) is 5.97. The van der Waals surface area contributed by atoms with E-state index in [2.05, 4.69) is 0 Å². The summed E-state index contributed by atoms with van der Waals surface area (Å²) in [5.41, 5.74) is -0.923. The van der Waals surface area contributed by atoms with E-state index in [1.54, 1.807) is 0 Å². The summed E-state index contributed by atoms with van der Waals surface area (Å²) in [5.74, 6) is -4.29. The number of hydrogen-bond acceptors (Lipinski definition) is 7. The Morgan fingerprint density at radius 1 is 0.679 bits per heavy atom. The molecule has 6 N–H and O–H groups in total. The van der Waals surface area contributed by atoms with Crippen LogP contribution in [0.5, 0.6) is 34.5 Å². The SMILES string of the molecule is CC(C)Cc1c(O)cc(O)c(C(=O)c2c(O)cc(O)c(CC(C)C)c2O)c1O. The molecule has 152 valence electrons. The van der Waals surface area contributed by atoms with Crippen molar-refractivity contribution < 1.29 is 35.4 Å². The van der Waals surface area contributed by atoms with Crippen LogP contribution in [0.4, 0.5) is 0 Å². The fourth-order valence-electron chi connectivity index (χ4n) is 3.16. The lowest BCUT2D eigenvalue weighted by molar-refractivity contribution is 0.102. The monoisotopic (exact) mass is 390 g/mol. The predicted molar refractivity (Wildman–Crippen MR) is 103 cm³/mol. The lowest BCUT2D eigenvalue weighted by atomic mass is 9.91. The zero-order valence-electron chi connectivity index (χ0n) is 16.3. The van der Waals surface area contributed by atoms with Crippen molar-refractivity contribution in [2.75, 3.05) is 0 Å². The number of phenolic OH excluding ortho intramolecular Hbond substituents is 6. The molecule has 0 atom stereocenters. The Balaban J connectivity index is 2.70. The van der Waals surface area contributed by atoms with Crippen molar-refractivity contribution in [2.45, 2.75) is 40.5 Å². The summed E-state index contributed by atoms with van der Waals surface area (Å²) in [6.07, 6.45) is 0.481. The second-order valence-corrected chi connectivity index (χ2v) is 7.76. The molecule has 0 spiro atoms. The van der Waals surface area contributed by atoms with E-state index < -0.39 is 39.9 Å². The molecule has 0 radical (unpaired) electrons. The largest absolute Gasteiger partial charge is 0.507 e. The van der Waals surface area contributed by atoms with Gasteiger partial charge in [-0.1, -0.05) is 27.7 Å². The van der Waals surface area contributed by atoms with Crippen LogP contribution < -0.4 is 0 Å². The molecule has 2 rings (SSSR count). The topological polar surface area (TPSA) is 138 Å². The van der Waals surface area contributed by atoms with E-state index in [9.17, 15) is 35.4 Å². The number of hydrogen-bond donors (Lipinski definition) is 6. The molecular formula is C21H26O7. The predicted octanol–water partition coefficient (Wildman–Crippen LogP) is 3.55. The Hall–Kier alpha value is -3.09. The number of rotatable bonds is 6. The van der Waals surface area contributed by atoms with Crippen molar-refractivity contribution in [3.8, 4) is 34.5 Å². The first-order valence-electron chi connectivity index (χ1n) is 9.03. The molecule has 0 aliphatic carbocycles. The van der Waals surface area contributed by atoms with E-state index in [1.807, 2.05) is 27.7 Å². The first kappa shape index (κ1) is 21.2. The Morgan fingerprint density at radius 2 is 1.00 bits per heavy atom. The average molecular weight is 390 g/mol. The van der Waals surface area contributed by atoms with Crippen LogP contribution in [0, 0.1) is 11.8 Å². The molecule has 0 heterocycles. The van der Waals surface area contributed by atoms with E-state index in [1.165, 1.54) is 0 Å². The fraction of sp³-hybridized carbons (Fsp3) is 0.381. The second kappa shape index (κ2) is 7.88. The van der Waals surface area contributed by atoms with Crippen molar-refractivity contribution in [3.05, 3.63) is 34.4 Å². The third kappa shape index (κ3) is 3.93. The highest BCUT2D eigenvalue weighted by molar-refractivity contribution is 6.16. The van der Waals surface area contributed by atoms with E-state index in [4.69, 9.17) is 0 Å². The van der Waals surface area contributed by atoms with Gasteiger partial charge in [0.15, 0.2) is 0 Å². The molecular weight excluding hydrogens is 364 g/mol. The number of aromatic hydroxyl groups is 6. The molecule has 0 fully saturated rings. The first-order valence-corrected chi connectivity index (χ1v) is 9.03. The summed E-state index contributed by atoms with van der Waals surface area (Å²) < 4.78 is 0. The third-order valence-electron chi connectivity index (χ3n) is 4.40. The van der Waals surface area contributed by atoms with Crippen molar-refractivity contribution in [3.63, 3.8) is 0 Å². The van der Waals surface area contributed by atoms with Crippen molar-refractivity contribution in [1.82, 2.24) is 0 Å². The van der Waals surface area contributed by atoms with Crippen molar-refractivity contribution in [1.29, 1.82) is 0 Å². The fourth-order valence-corrected chi connectivity index (χ4v) is 3.16. The summed E-state index contributed by atoms with van der Waals surface area (Å²) in [6, 6.07) is 1.88. The molecule has 2 aromatic carbocycles. The summed E-state index contributed by atoms with van der Waals surface area (Å²) in [5, 5.41) is 61.4. The zero-order chi connectivity index (χ0) is 21.3. The normalized spacial score (nSPS) is 11.4. The quantitative estimate of drug-likeness (QED) is 0.415. The van der Waals surface area contributed by atoms with Crippen LogP contribution in [0.15, 0.2) is 12.1 Å². The van der Waals surface area contributed by atoms with Crippen LogP contribution >= 0.6 is 0 Å². The maximum Gasteiger partial charge on any atom is 0.208 e. The number of carbonyl (C=O) groups excluding carboxylic acids is 1. The smallest absolute Gasteiger partial charge is 0.208 e. The zero-order valence-corrected chi connectivity index (χ0v) is 16.3. The molecule has 0 amide bonds. The number of phenols is 6. The molecule has 0 saturated carbocycles. The molecule has 0 bridgehead atoms. The Bertz CT molecular complexity index is 840. The summed E-state index contributed by atoms with van der Waals surface area (Å²) in [4.78, 5) is 13.0. The van der Waals surface area contributed by atoms with Crippen LogP contribution in [0.3, 0.4) is 0 Å². The van der Waals surface area contributed by atoms with Gasteiger partial charge >= 0.3 is 0 Å². The molecule has 0 aliphatic rings. The van der Waals surface area contributed by atoms with E-state index >= 15 is 0 Å². The number of carbonyl (C=O) groups is 1. The summed E-state index contributed by atoms with van der Waals surface area (Å²) >= 11 is 0. The van der Waals surface area contributed by atoms with Crippen LogP contribution in [-0.4, -0.2) is 36.4 Å². The highest BCUT2D eigenvalue weighted by Crippen LogP contribution is 2.44. The van der Waals surface area contributed by atoms with Gasteiger partial charge in [-0.05, 0) is 24.7 Å². The van der Waals surface area contributed by atoms with Crippen LogP contribution in [0.1, 0.15) is 54.7 Å². The van der Waals surface area contributed by atoms with Gasteiger partial charge in [0.2, 0.25) is 5.78 Å². The molecule has 0 aliphatic heterocycles. The minimum atomic E-state index is -1.03. The van der Waals surface area contributed by atoms with Gasteiger partial charge < -0.3 is 30.6 Å². The molecule has 2 aromatic rings. The van der Waals surface area contributed by atoms with E-state index in [0.717, 1.165) is 12.1 Å². The maximum absolute atomic E-state index is 13.0. The van der Waals surface area contributed by atoms with Gasteiger partial charge in [0, 0.05) is 23.3 Å². The van der Waals surface area contributed by atoms with Gasteiger partial charge in [-0.2, -0.15) is 0 Å². The number of ketones is 1. The standard InChI is InChI=1S/C21H26O7/c1-9(2)5-11-13(22)7-15(24)17(19(11)26)21(28)18-16(25)8-14(23)12(20(18)27)6-10(3)4/h7-10,22-27H,5-6H2,1-4H3. The molecule has 7 heteroatoms. The first-order chi connectivity index (χ1) is 13.0. The van der Waals surface area contributed by atoms with Crippen LogP contribution in [-0.2, 0) is 12.8 Å². The molecule has 0 saturated heterocycles. The van der Waals surface area contributed by atoms with E-state index in [-0.39, 0.29) is 47.3 Å². The van der Waals surface area contributed by atoms with E-state index in [0.29, 0.717) is 0 Å². The summed E-state index contributed by atoms with van der Waals surface area (Å²) in [7, 11) is 0. The van der Waals surface area contributed by atoms with Gasteiger partial charge in [-0.25, -0.2) is 0 Å². The maximum atomic E-state index is 13.0. The Labute approximate surface area is 163 Å². The van der Waals surface area contributed by atoms with Crippen molar-refractivity contribution in [2.24, 2.45) is 11.8 Å². The van der Waals surface area contributed by atoms with Gasteiger partial charge in [0.05, 0.1) is 0 Å². The average Bonchev–Trinajstić information content (AvgIpc) is 2.54. The molecule has 7 nitrogen and oxygen atoms in total. The summed E-state index contributed by atoms with van der Waals surface area (Å²) in [6.45, 7) is 7.40.